The van der Waals surface area contributed by atoms with Gasteiger partial charge in [-0.25, -0.2) is 4.98 Å². The predicted octanol–water partition coefficient (Wildman–Crippen LogP) is 1.76. The lowest BCUT2D eigenvalue weighted by molar-refractivity contribution is 0.242. The van der Waals surface area contributed by atoms with Gasteiger partial charge in [-0.15, -0.1) is 0 Å². The number of aliphatic hydroxyl groups excluding tert-OH is 2. The van der Waals surface area contributed by atoms with Crippen LogP contribution in [-0.4, -0.2) is 30.9 Å². The lowest BCUT2D eigenvalue weighted by atomic mass is 10.2. The monoisotopic (exact) mass is 327 g/mol. The van der Waals surface area contributed by atoms with Crippen LogP contribution in [0.5, 0.6) is 0 Å². The van der Waals surface area contributed by atoms with Crippen LogP contribution in [0.25, 0.3) is 22.4 Å². The first-order chi connectivity index (χ1) is 11.5. The minimum absolute atomic E-state index is 0.0229. The summed E-state index contributed by atoms with van der Waals surface area (Å²) >= 11 is 0. The number of aromatic nitrogens is 3. The van der Waals surface area contributed by atoms with Gasteiger partial charge in [0, 0.05) is 24.4 Å². The number of hydrogen-bond donors (Lipinski definition) is 2. The van der Waals surface area contributed by atoms with Gasteiger partial charge in [0.25, 0.3) is 5.56 Å². The van der Waals surface area contributed by atoms with E-state index >= 15 is 0 Å². The molecule has 24 heavy (non-hydrogen) atoms. The number of benzene rings is 1. The van der Waals surface area contributed by atoms with Gasteiger partial charge in [0.15, 0.2) is 0 Å². The minimum atomic E-state index is -0.164. The fraction of sp³-hybridized carbons (Fsp3) is 0.333. The molecule has 0 aliphatic carbocycles. The summed E-state index contributed by atoms with van der Waals surface area (Å²) in [5.41, 5.74) is 3.84. The Labute approximate surface area is 139 Å². The van der Waals surface area contributed by atoms with Crippen molar-refractivity contribution in [1.82, 2.24) is 14.1 Å². The Morgan fingerprint density at radius 2 is 2.00 bits per heavy atom. The molecule has 1 aromatic carbocycles. The van der Waals surface area contributed by atoms with Gasteiger partial charge >= 0.3 is 0 Å². The summed E-state index contributed by atoms with van der Waals surface area (Å²) in [6, 6.07) is 7.24. The average molecular weight is 327 g/mol. The smallest absolute Gasteiger partial charge is 0.253 e. The summed E-state index contributed by atoms with van der Waals surface area (Å²) in [5.74, 6) is 0.695. The highest BCUT2D eigenvalue weighted by molar-refractivity contribution is 5.81. The van der Waals surface area contributed by atoms with E-state index in [-0.39, 0.29) is 24.8 Å². The number of imidazole rings is 1. The third-order valence-corrected chi connectivity index (χ3v) is 4.26. The first-order valence-electron chi connectivity index (χ1n) is 7.86. The van der Waals surface area contributed by atoms with Gasteiger partial charge in [0.05, 0.1) is 30.3 Å². The molecular formula is C18H21N3O3. The number of pyridine rings is 1. The highest BCUT2D eigenvalue weighted by Gasteiger charge is 2.18. The zero-order valence-corrected chi connectivity index (χ0v) is 14.0. The summed E-state index contributed by atoms with van der Waals surface area (Å²) in [6.45, 7) is 3.62. The van der Waals surface area contributed by atoms with Crippen molar-refractivity contribution in [3.8, 4) is 11.4 Å². The molecule has 0 bridgehead atoms. The molecule has 0 radical (unpaired) electrons. The van der Waals surface area contributed by atoms with Crippen molar-refractivity contribution >= 4 is 11.0 Å². The maximum atomic E-state index is 12.0. The second-order valence-electron chi connectivity index (χ2n) is 6.15. The van der Waals surface area contributed by atoms with Gasteiger partial charge in [0.2, 0.25) is 0 Å². The van der Waals surface area contributed by atoms with Crippen molar-refractivity contribution in [2.24, 2.45) is 7.05 Å². The Morgan fingerprint density at radius 1 is 1.25 bits per heavy atom. The minimum Gasteiger partial charge on any atom is -0.394 e. The van der Waals surface area contributed by atoms with E-state index in [2.05, 4.69) is 0 Å². The summed E-state index contributed by atoms with van der Waals surface area (Å²) in [6.07, 6.45) is 1.75. The average Bonchev–Trinajstić information content (AvgIpc) is 2.96. The molecule has 2 N–H and O–H groups in total. The molecule has 2 aromatic heterocycles. The maximum absolute atomic E-state index is 12.0. The summed E-state index contributed by atoms with van der Waals surface area (Å²) < 4.78 is 3.51. The van der Waals surface area contributed by atoms with Crippen LogP contribution in [0.3, 0.4) is 0 Å². The van der Waals surface area contributed by atoms with E-state index in [1.165, 1.54) is 4.57 Å². The van der Waals surface area contributed by atoms with Gasteiger partial charge < -0.3 is 19.3 Å². The Hall–Kier alpha value is -2.44. The molecule has 126 valence electrons. The molecule has 0 saturated heterocycles. The molecule has 1 unspecified atom stereocenters. The number of aliphatic hydroxyl groups is 2. The molecule has 0 fully saturated rings. The SMILES string of the molecule is Cc1cc(-c2nc3cc(CO)ccc3n2C(C)CO)cn(C)c1=O. The molecule has 0 amide bonds. The van der Waals surface area contributed by atoms with Crippen LogP contribution in [0.15, 0.2) is 35.3 Å². The molecule has 6 nitrogen and oxygen atoms in total. The molecule has 3 aromatic rings. The van der Waals surface area contributed by atoms with Crippen molar-refractivity contribution in [3.05, 3.63) is 51.9 Å². The van der Waals surface area contributed by atoms with Crippen LogP contribution < -0.4 is 5.56 Å². The molecule has 2 heterocycles. The highest BCUT2D eigenvalue weighted by Crippen LogP contribution is 2.29. The molecule has 6 heteroatoms. The lowest BCUT2D eigenvalue weighted by Gasteiger charge is -2.16. The highest BCUT2D eigenvalue weighted by atomic mass is 16.3. The number of hydrogen-bond acceptors (Lipinski definition) is 4. The molecule has 3 rings (SSSR count). The molecular weight excluding hydrogens is 306 g/mol. The Kier molecular flexibility index (Phi) is 4.26. The number of nitrogens with zero attached hydrogens (tertiary/aromatic N) is 3. The number of aryl methyl sites for hydroxylation is 2. The second kappa shape index (κ2) is 6.22. The van der Waals surface area contributed by atoms with Crippen molar-refractivity contribution in [2.75, 3.05) is 6.61 Å². The molecule has 0 aliphatic rings. The van der Waals surface area contributed by atoms with Crippen LogP contribution in [0, 0.1) is 6.92 Å². The normalized spacial score (nSPS) is 12.7. The predicted molar refractivity (Wildman–Crippen MR) is 92.9 cm³/mol. The van der Waals surface area contributed by atoms with Crippen LogP contribution in [0.2, 0.25) is 0 Å². The van der Waals surface area contributed by atoms with E-state index in [0.29, 0.717) is 11.4 Å². The summed E-state index contributed by atoms with van der Waals surface area (Å²) in [5, 5.41) is 19.0. The van der Waals surface area contributed by atoms with E-state index in [1.54, 1.807) is 20.2 Å². The Bertz CT molecular complexity index is 930. The van der Waals surface area contributed by atoms with Gasteiger partial charge in [-0.05, 0) is 37.6 Å². The standard InChI is InChI=1S/C18H21N3O3/c1-11-6-14(8-20(3)18(11)24)17-19-15-7-13(10-23)4-5-16(15)21(17)12(2)9-22/h4-8,12,22-23H,9-10H2,1-3H3. The van der Waals surface area contributed by atoms with Gasteiger partial charge in [-0.1, -0.05) is 6.07 Å². The van der Waals surface area contributed by atoms with Crippen molar-refractivity contribution < 1.29 is 10.2 Å². The van der Waals surface area contributed by atoms with E-state index in [1.807, 2.05) is 35.8 Å². The van der Waals surface area contributed by atoms with Gasteiger partial charge in [-0.3, -0.25) is 4.79 Å². The fourth-order valence-corrected chi connectivity index (χ4v) is 2.97. The third kappa shape index (κ3) is 2.64. The van der Waals surface area contributed by atoms with E-state index in [9.17, 15) is 15.0 Å². The first kappa shape index (κ1) is 16.4. The van der Waals surface area contributed by atoms with Gasteiger partial charge in [-0.2, -0.15) is 0 Å². The second-order valence-corrected chi connectivity index (χ2v) is 6.15. The zero-order chi connectivity index (χ0) is 17.4. The van der Waals surface area contributed by atoms with Crippen LogP contribution in [-0.2, 0) is 13.7 Å². The van der Waals surface area contributed by atoms with Crippen LogP contribution in [0.4, 0.5) is 0 Å². The van der Waals surface area contributed by atoms with E-state index in [4.69, 9.17) is 4.98 Å². The number of fused-ring (bicyclic) bond motifs is 1. The topological polar surface area (TPSA) is 80.3 Å². The van der Waals surface area contributed by atoms with Crippen molar-refractivity contribution in [3.63, 3.8) is 0 Å². The Balaban J connectivity index is 2.32. The Morgan fingerprint density at radius 3 is 2.62 bits per heavy atom. The van der Waals surface area contributed by atoms with Crippen molar-refractivity contribution in [2.45, 2.75) is 26.5 Å². The van der Waals surface area contributed by atoms with Crippen LogP contribution in [0.1, 0.15) is 24.1 Å². The molecule has 0 spiro atoms. The molecule has 0 aliphatic heterocycles. The number of rotatable bonds is 4. The molecule has 1 atom stereocenters. The first-order valence-corrected chi connectivity index (χ1v) is 7.86. The largest absolute Gasteiger partial charge is 0.394 e. The summed E-state index contributed by atoms with van der Waals surface area (Å²) in [4.78, 5) is 16.6. The lowest BCUT2D eigenvalue weighted by Crippen LogP contribution is -2.19. The molecule has 0 saturated carbocycles. The van der Waals surface area contributed by atoms with E-state index < -0.39 is 0 Å². The quantitative estimate of drug-likeness (QED) is 0.765. The maximum Gasteiger partial charge on any atom is 0.253 e. The fourth-order valence-electron chi connectivity index (χ4n) is 2.97. The summed E-state index contributed by atoms with van der Waals surface area (Å²) in [7, 11) is 1.71. The van der Waals surface area contributed by atoms with Gasteiger partial charge in [0.1, 0.15) is 5.82 Å². The zero-order valence-electron chi connectivity index (χ0n) is 14.0. The van der Waals surface area contributed by atoms with E-state index in [0.717, 1.165) is 22.2 Å². The third-order valence-electron chi connectivity index (χ3n) is 4.26. The van der Waals surface area contributed by atoms with Crippen LogP contribution >= 0.6 is 0 Å². The van der Waals surface area contributed by atoms with Crippen molar-refractivity contribution in [1.29, 1.82) is 0 Å².